The molecule has 10 heteroatoms. The van der Waals surface area contributed by atoms with Gasteiger partial charge in [0.2, 0.25) is 0 Å². The van der Waals surface area contributed by atoms with E-state index in [4.69, 9.17) is 14.2 Å². The molecule has 1 aliphatic rings. The van der Waals surface area contributed by atoms with Crippen molar-refractivity contribution in [2.24, 2.45) is 4.99 Å². The van der Waals surface area contributed by atoms with Crippen LogP contribution in [-0.2, 0) is 9.53 Å². The Kier molecular flexibility index (Phi) is 7.65. The lowest BCUT2D eigenvalue weighted by molar-refractivity contribution is -0.139. The monoisotopic (exact) mass is 572 g/mol. The van der Waals surface area contributed by atoms with Crippen molar-refractivity contribution in [1.29, 1.82) is 0 Å². The third kappa shape index (κ3) is 4.83. The number of ether oxygens (including phenoxy) is 3. The fourth-order valence-electron chi connectivity index (χ4n) is 3.99. The zero-order chi connectivity index (χ0) is 26.0. The van der Waals surface area contributed by atoms with Crippen molar-refractivity contribution in [2.75, 3.05) is 20.3 Å². The molecule has 1 N–H and O–H groups in total. The van der Waals surface area contributed by atoms with E-state index >= 15 is 0 Å². The Balaban J connectivity index is 1.93. The Morgan fingerprint density at radius 1 is 1.22 bits per heavy atom. The van der Waals surface area contributed by atoms with Crippen LogP contribution in [0.15, 0.2) is 61.9 Å². The molecule has 1 atom stereocenters. The van der Waals surface area contributed by atoms with Crippen LogP contribution in [0.2, 0.25) is 0 Å². The molecule has 188 valence electrons. The number of thiazole rings is 1. The predicted molar refractivity (Wildman–Crippen MR) is 140 cm³/mol. The smallest absolute Gasteiger partial charge is 0.338 e. The van der Waals surface area contributed by atoms with E-state index in [1.807, 2.05) is 31.2 Å². The second-order valence-corrected chi connectivity index (χ2v) is 9.71. The fraction of sp³-hybridized carbons (Fsp3) is 0.269. The first-order chi connectivity index (χ1) is 17.3. The molecule has 4 rings (SSSR count). The van der Waals surface area contributed by atoms with Gasteiger partial charge < -0.3 is 19.3 Å². The SMILES string of the molecule is CCOC(=O)C1=C(C)N=c2s/c(=C\c3cc(OC)c(O)cc3Br)c(=O)n2C1c1ccc(OCC)cc1. The summed E-state index contributed by atoms with van der Waals surface area (Å²) in [6, 6.07) is 9.73. The van der Waals surface area contributed by atoms with Crippen molar-refractivity contribution in [1.82, 2.24) is 4.57 Å². The van der Waals surface area contributed by atoms with Gasteiger partial charge >= 0.3 is 5.97 Å². The summed E-state index contributed by atoms with van der Waals surface area (Å²) in [5.41, 5.74) is 1.88. The molecule has 0 bridgehead atoms. The average Bonchev–Trinajstić information content (AvgIpc) is 3.15. The molecule has 0 amide bonds. The zero-order valence-electron chi connectivity index (χ0n) is 20.2. The first-order valence-corrected chi connectivity index (χ1v) is 12.9. The van der Waals surface area contributed by atoms with Crippen LogP contribution in [0.3, 0.4) is 0 Å². The number of fused-ring (bicyclic) bond motifs is 1. The molecule has 1 unspecified atom stereocenters. The van der Waals surface area contributed by atoms with Crippen molar-refractivity contribution < 1.29 is 24.1 Å². The Hall–Kier alpha value is -3.37. The first-order valence-electron chi connectivity index (χ1n) is 11.3. The summed E-state index contributed by atoms with van der Waals surface area (Å²) in [6.45, 7) is 6.11. The summed E-state index contributed by atoms with van der Waals surface area (Å²) in [5, 5.41) is 10.0. The summed E-state index contributed by atoms with van der Waals surface area (Å²) < 4.78 is 18.6. The molecule has 0 spiro atoms. The Bertz CT molecular complexity index is 1520. The van der Waals surface area contributed by atoms with E-state index in [9.17, 15) is 14.7 Å². The molecule has 0 saturated heterocycles. The number of rotatable bonds is 7. The zero-order valence-corrected chi connectivity index (χ0v) is 22.6. The van der Waals surface area contributed by atoms with Crippen LogP contribution in [0.25, 0.3) is 6.08 Å². The fourth-order valence-corrected chi connectivity index (χ4v) is 5.48. The lowest BCUT2D eigenvalue weighted by atomic mass is 9.96. The Labute approximate surface area is 219 Å². The molecule has 1 aromatic heterocycles. The highest BCUT2D eigenvalue weighted by Gasteiger charge is 2.33. The van der Waals surface area contributed by atoms with E-state index in [0.717, 1.165) is 5.56 Å². The highest BCUT2D eigenvalue weighted by Crippen LogP contribution is 2.33. The molecule has 0 saturated carbocycles. The first kappa shape index (κ1) is 25.7. The molecular weight excluding hydrogens is 548 g/mol. The Morgan fingerprint density at radius 2 is 1.94 bits per heavy atom. The van der Waals surface area contributed by atoms with Crippen LogP contribution in [-0.4, -0.2) is 36.0 Å². The lowest BCUT2D eigenvalue weighted by Gasteiger charge is -2.24. The van der Waals surface area contributed by atoms with E-state index in [-0.39, 0.29) is 23.7 Å². The second kappa shape index (κ2) is 10.7. The molecule has 0 fully saturated rings. The summed E-state index contributed by atoms with van der Waals surface area (Å²) in [5.74, 6) is 0.439. The van der Waals surface area contributed by atoms with Crippen molar-refractivity contribution in [3.05, 3.63) is 83.0 Å². The number of carbonyl (C=O) groups is 1. The number of allylic oxidation sites excluding steroid dienone is 1. The number of benzene rings is 2. The molecule has 8 nitrogen and oxygen atoms in total. The van der Waals surface area contributed by atoms with Crippen LogP contribution in [0, 0.1) is 0 Å². The van der Waals surface area contributed by atoms with Gasteiger partial charge in [0.05, 0.1) is 42.2 Å². The standard InChI is InChI=1S/C26H25BrN2O6S/c1-5-34-17-9-7-15(8-10-17)23-22(25(32)35-6-2)14(3)28-26-29(23)24(31)21(36-26)12-16-11-20(33-4)19(30)13-18(16)27/h7-13,23,30H,5-6H2,1-4H3/b21-12-. The van der Waals surface area contributed by atoms with Crippen LogP contribution in [0.4, 0.5) is 0 Å². The second-order valence-electron chi connectivity index (χ2n) is 7.85. The highest BCUT2D eigenvalue weighted by molar-refractivity contribution is 9.10. The van der Waals surface area contributed by atoms with Gasteiger partial charge in [0.1, 0.15) is 5.75 Å². The van der Waals surface area contributed by atoms with Crippen molar-refractivity contribution in [2.45, 2.75) is 26.8 Å². The number of hydrogen-bond donors (Lipinski definition) is 1. The van der Waals surface area contributed by atoms with Gasteiger partial charge in [-0.25, -0.2) is 9.79 Å². The Morgan fingerprint density at radius 3 is 2.58 bits per heavy atom. The van der Waals surface area contributed by atoms with E-state index in [1.165, 1.54) is 29.1 Å². The van der Waals surface area contributed by atoms with Crippen LogP contribution >= 0.6 is 27.3 Å². The molecule has 36 heavy (non-hydrogen) atoms. The number of hydrogen-bond acceptors (Lipinski definition) is 8. The topological polar surface area (TPSA) is 99.4 Å². The van der Waals surface area contributed by atoms with Crippen molar-refractivity contribution in [3.8, 4) is 17.2 Å². The molecule has 0 radical (unpaired) electrons. The summed E-state index contributed by atoms with van der Waals surface area (Å²) in [6.07, 6.45) is 1.70. The van der Waals surface area contributed by atoms with Gasteiger partial charge in [-0.1, -0.05) is 39.4 Å². The van der Waals surface area contributed by atoms with Gasteiger partial charge in [-0.05, 0) is 62.2 Å². The maximum absolute atomic E-state index is 13.7. The number of carbonyl (C=O) groups excluding carboxylic acids is 1. The van der Waals surface area contributed by atoms with E-state index in [2.05, 4.69) is 20.9 Å². The van der Waals surface area contributed by atoms with E-state index in [1.54, 1.807) is 26.0 Å². The van der Waals surface area contributed by atoms with Crippen molar-refractivity contribution >= 4 is 39.3 Å². The number of methoxy groups -OCH3 is 1. The maximum atomic E-state index is 13.7. The average molecular weight is 573 g/mol. The highest BCUT2D eigenvalue weighted by atomic mass is 79.9. The number of phenols is 1. The van der Waals surface area contributed by atoms with Gasteiger partial charge in [-0.3, -0.25) is 9.36 Å². The molecule has 1 aliphatic heterocycles. The van der Waals surface area contributed by atoms with Crippen LogP contribution in [0.1, 0.15) is 37.9 Å². The summed E-state index contributed by atoms with van der Waals surface area (Å²) >= 11 is 4.65. The number of nitrogens with zero attached hydrogens (tertiary/aromatic N) is 2. The summed E-state index contributed by atoms with van der Waals surface area (Å²) in [4.78, 5) is 31.8. The van der Waals surface area contributed by atoms with Crippen LogP contribution < -0.4 is 24.4 Å². The van der Waals surface area contributed by atoms with Gasteiger partial charge in [0, 0.05) is 4.47 Å². The molecule has 2 aromatic carbocycles. The summed E-state index contributed by atoms with van der Waals surface area (Å²) in [7, 11) is 1.46. The molecule has 3 aromatic rings. The number of aromatic hydroxyl groups is 1. The third-order valence-corrected chi connectivity index (χ3v) is 7.28. The van der Waals surface area contributed by atoms with Gasteiger partial charge in [0.25, 0.3) is 5.56 Å². The van der Waals surface area contributed by atoms with E-state index < -0.39 is 12.0 Å². The normalized spacial score (nSPS) is 15.4. The van der Waals surface area contributed by atoms with Crippen molar-refractivity contribution in [3.63, 3.8) is 0 Å². The van der Waals surface area contributed by atoms with Gasteiger partial charge in [-0.15, -0.1) is 0 Å². The quantitative estimate of drug-likeness (QED) is 0.434. The van der Waals surface area contributed by atoms with Gasteiger partial charge in [-0.2, -0.15) is 0 Å². The third-order valence-electron chi connectivity index (χ3n) is 5.61. The minimum absolute atomic E-state index is 0.0202. The lowest BCUT2D eigenvalue weighted by Crippen LogP contribution is -2.39. The predicted octanol–water partition coefficient (Wildman–Crippen LogP) is 3.67. The number of halogens is 1. The molecular formula is C26H25BrN2O6S. The van der Waals surface area contributed by atoms with Gasteiger partial charge in [0.15, 0.2) is 16.3 Å². The minimum atomic E-state index is -0.712. The maximum Gasteiger partial charge on any atom is 0.338 e. The minimum Gasteiger partial charge on any atom is -0.504 e. The number of phenolic OH excluding ortho intramolecular Hbond substituents is 1. The van der Waals surface area contributed by atoms with Crippen LogP contribution in [0.5, 0.6) is 17.2 Å². The van der Waals surface area contributed by atoms with E-state index in [0.29, 0.717) is 43.0 Å². The number of esters is 1. The molecule has 0 aliphatic carbocycles. The largest absolute Gasteiger partial charge is 0.504 e. The molecule has 2 heterocycles. The number of aromatic nitrogens is 1.